The highest BCUT2D eigenvalue weighted by molar-refractivity contribution is 7.52. The van der Waals surface area contributed by atoms with Gasteiger partial charge in [-0.15, -0.1) is 0 Å². The number of alkyl halides is 6. The van der Waals surface area contributed by atoms with Crippen molar-refractivity contribution in [3.05, 3.63) is 34.6 Å². The van der Waals surface area contributed by atoms with Crippen molar-refractivity contribution in [3.8, 4) is 0 Å². The number of halogens is 8. The summed E-state index contributed by atoms with van der Waals surface area (Å²) in [5.41, 5.74) is 2.04. The van der Waals surface area contributed by atoms with E-state index in [1.807, 2.05) is 0 Å². The van der Waals surface area contributed by atoms with Crippen molar-refractivity contribution in [1.82, 2.24) is 39.0 Å². The quantitative estimate of drug-likeness (QED) is 0.0566. The highest BCUT2D eigenvalue weighted by atomic mass is 35.5. The minimum Gasteiger partial charge on any atom is -0.387 e. The SMILES string of the molecule is CCc1nc(Cl)nc2c1ncn2[C@@H]1O[C@H](COC(C(F)(F)F)P(=O)(O)O)[C@@H](O)[C@H]1O.CCc1nc(Cl)nc2c1ncn2[C@@H]1O[C@H](COC(C(F)(F)F)P(=O)(O)O)[C@@H](O)[C@H]1O. The largest absolute Gasteiger partial charge is 0.426 e. The van der Waals surface area contributed by atoms with Gasteiger partial charge in [-0.05, 0) is 36.0 Å². The van der Waals surface area contributed by atoms with Gasteiger partial charge in [-0.25, -0.2) is 19.9 Å². The molecule has 10 atom stereocenters. The molecule has 0 aromatic carbocycles. The lowest BCUT2D eigenvalue weighted by molar-refractivity contribution is -0.206. The molecule has 4 aromatic heterocycles. The van der Waals surface area contributed by atoms with Crippen molar-refractivity contribution in [3.63, 3.8) is 0 Å². The predicted molar refractivity (Wildman–Crippen MR) is 187 cm³/mol. The Morgan fingerprint density at radius 3 is 1.28 bits per heavy atom. The van der Waals surface area contributed by atoms with Gasteiger partial charge in [0.1, 0.15) is 47.7 Å². The van der Waals surface area contributed by atoms with E-state index in [0.717, 1.165) is 0 Å². The van der Waals surface area contributed by atoms with Crippen molar-refractivity contribution in [2.24, 2.45) is 0 Å². The highest BCUT2D eigenvalue weighted by Gasteiger charge is 2.55. The number of aliphatic hydroxyl groups is 4. The number of hydrogen-bond acceptors (Lipinski definition) is 16. The van der Waals surface area contributed by atoms with E-state index in [-0.39, 0.29) is 21.9 Å². The van der Waals surface area contributed by atoms with Gasteiger partial charge in [-0.2, -0.15) is 36.3 Å². The maximum Gasteiger partial charge on any atom is 0.426 e. The zero-order chi connectivity index (χ0) is 44.9. The molecule has 22 nitrogen and oxygen atoms in total. The zero-order valence-electron chi connectivity index (χ0n) is 30.3. The van der Waals surface area contributed by atoms with Crippen LogP contribution in [0, 0.1) is 0 Å². The van der Waals surface area contributed by atoms with Gasteiger partial charge < -0.3 is 58.9 Å². The molecule has 6 heterocycles. The monoisotopic (exact) mass is 952 g/mol. The van der Waals surface area contributed by atoms with E-state index in [1.165, 1.54) is 21.8 Å². The first kappa shape index (κ1) is 48.3. The topological polar surface area (TPSA) is 320 Å². The van der Waals surface area contributed by atoms with E-state index in [9.17, 15) is 55.9 Å². The maximum atomic E-state index is 12.8. The molecule has 2 aliphatic heterocycles. The van der Waals surface area contributed by atoms with E-state index >= 15 is 0 Å². The van der Waals surface area contributed by atoms with E-state index in [1.54, 1.807) is 13.8 Å². The maximum absolute atomic E-state index is 12.8. The molecular weight excluding hydrogens is 919 g/mol. The molecule has 0 saturated carbocycles. The van der Waals surface area contributed by atoms with Gasteiger partial charge in [0.25, 0.3) is 11.7 Å². The van der Waals surface area contributed by atoms with E-state index in [2.05, 4.69) is 39.4 Å². The fourth-order valence-electron chi connectivity index (χ4n) is 6.09. The third-order valence-corrected chi connectivity index (χ3v) is 11.3. The number of rotatable bonds is 12. The molecule has 336 valence electrons. The minimum absolute atomic E-state index is 0.108. The number of nitrogens with zero attached hydrogens (tertiary/aromatic N) is 8. The molecule has 32 heteroatoms. The third kappa shape index (κ3) is 10.4. The van der Waals surface area contributed by atoms with Crippen LogP contribution >= 0.6 is 38.4 Å². The molecule has 0 aliphatic carbocycles. The van der Waals surface area contributed by atoms with Gasteiger partial charge in [0.15, 0.2) is 23.8 Å². The second-order valence-electron chi connectivity index (χ2n) is 13.0. The van der Waals surface area contributed by atoms with E-state index in [4.69, 9.17) is 52.2 Å². The van der Waals surface area contributed by atoms with Crippen LogP contribution in [-0.2, 0) is 40.9 Å². The Kier molecular flexibility index (Phi) is 14.6. The Morgan fingerprint density at radius 2 is 1.00 bits per heavy atom. The molecule has 4 aromatic rings. The Hall–Kier alpha value is -2.76. The second kappa shape index (κ2) is 18.1. The predicted octanol–water partition coefficient (Wildman–Crippen LogP) is 1.49. The number of aryl methyl sites for hydroxylation is 2. The van der Waals surface area contributed by atoms with Crippen LogP contribution in [0.15, 0.2) is 12.7 Å². The summed E-state index contributed by atoms with van der Waals surface area (Å²) >= 11 is 11.8. The van der Waals surface area contributed by atoms with Gasteiger partial charge >= 0.3 is 27.5 Å². The number of imidazole rings is 2. The average Bonchev–Trinajstić information content (AvgIpc) is 3.87. The molecule has 2 saturated heterocycles. The Labute approximate surface area is 341 Å². The number of ether oxygens (including phenoxy) is 4. The first-order valence-electron chi connectivity index (χ1n) is 17.0. The molecule has 6 rings (SSSR count). The summed E-state index contributed by atoms with van der Waals surface area (Å²) in [4.78, 5) is 59.8. The van der Waals surface area contributed by atoms with E-state index < -0.39 is 102 Å². The number of aliphatic hydroxyl groups excluding tert-OH is 4. The summed E-state index contributed by atoms with van der Waals surface area (Å²) in [6.45, 7) is 1.50. The van der Waals surface area contributed by atoms with Gasteiger partial charge in [-0.3, -0.25) is 18.3 Å². The Bertz CT molecular complexity index is 2100. The standard InChI is InChI=1S/2C14H17ClF3N4O7P/c2*1-2-5-7-10(21-13(15)20-5)22(4-19-7)11-9(24)8(23)6(29-11)3-28-12(14(16,17)18)30(25,26)27/h2*4,6,8-9,11-12,23-24H,2-3H2,1H3,(H2,25,26,27)/t2*6-,8-,9-,11-,12?/m11/s1. The van der Waals surface area contributed by atoms with Crippen molar-refractivity contribution >= 4 is 60.7 Å². The third-order valence-electron chi connectivity index (χ3n) is 8.83. The summed E-state index contributed by atoms with van der Waals surface area (Å²) in [5, 5.41) is 40.7. The van der Waals surface area contributed by atoms with Gasteiger partial charge in [0, 0.05) is 0 Å². The lowest BCUT2D eigenvalue weighted by Crippen LogP contribution is -2.38. The van der Waals surface area contributed by atoms with Gasteiger partial charge in [0.2, 0.25) is 10.6 Å². The molecule has 2 aliphatic rings. The summed E-state index contributed by atoms with van der Waals surface area (Å²) in [6, 6.07) is 0. The number of fused-ring (bicyclic) bond motifs is 2. The van der Waals surface area contributed by atoms with Crippen LogP contribution in [0.3, 0.4) is 0 Å². The van der Waals surface area contributed by atoms with Crippen LogP contribution in [0.25, 0.3) is 22.3 Å². The van der Waals surface area contributed by atoms with Gasteiger partial charge in [-0.1, -0.05) is 13.8 Å². The molecule has 2 unspecified atom stereocenters. The van der Waals surface area contributed by atoms with Crippen LogP contribution in [-0.4, -0.2) is 153 Å². The molecular formula is C28H34Cl2F6N8O14P2. The molecule has 2 fully saturated rings. The number of hydrogen-bond donors (Lipinski definition) is 8. The zero-order valence-corrected chi connectivity index (χ0v) is 33.6. The van der Waals surface area contributed by atoms with Crippen LogP contribution in [0.5, 0.6) is 0 Å². The Morgan fingerprint density at radius 1 is 0.667 bits per heavy atom. The molecule has 0 spiro atoms. The van der Waals surface area contributed by atoms with Crippen LogP contribution < -0.4 is 0 Å². The van der Waals surface area contributed by atoms with Crippen LogP contribution in [0.1, 0.15) is 37.7 Å². The lowest BCUT2D eigenvalue weighted by atomic mass is 10.1. The second-order valence-corrected chi connectivity index (χ2v) is 16.9. The number of aromatic nitrogens is 8. The normalized spacial score (nSPS) is 26.4. The highest BCUT2D eigenvalue weighted by Crippen LogP contribution is 2.51. The molecule has 0 amide bonds. The van der Waals surface area contributed by atoms with Crippen molar-refractivity contribution in [2.45, 2.75) is 99.8 Å². The molecule has 0 bridgehead atoms. The minimum atomic E-state index is -5.69. The van der Waals surface area contributed by atoms with Crippen molar-refractivity contribution in [2.75, 3.05) is 13.2 Å². The molecule has 8 N–H and O–H groups in total. The fourth-order valence-corrected chi connectivity index (χ4v) is 7.77. The first-order valence-corrected chi connectivity index (χ1v) is 21.1. The molecule has 60 heavy (non-hydrogen) atoms. The first-order chi connectivity index (χ1) is 27.7. The summed E-state index contributed by atoms with van der Waals surface area (Å²) in [7, 11) is -11.4. The fraction of sp³-hybridized carbons (Fsp3) is 0.643. The lowest BCUT2D eigenvalue weighted by Gasteiger charge is -2.23. The van der Waals surface area contributed by atoms with Crippen molar-refractivity contribution < 1.29 is 94.4 Å². The van der Waals surface area contributed by atoms with Crippen LogP contribution in [0.2, 0.25) is 10.6 Å². The smallest absolute Gasteiger partial charge is 0.387 e. The van der Waals surface area contributed by atoms with Crippen LogP contribution in [0.4, 0.5) is 26.3 Å². The average molecular weight is 953 g/mol. The summed E-state index contributed by atoms with van der Waals surface area (Å²) in [6.07, 6.45) is -19.7. The van der Waals surface area contributed by atoms with Crippen molar-refractivity contribution in [1.29, 1.82) is 0 Å². The summed E-state index contributed by atoms with van der Waals surface area (Å²) in [5.74, 6) is -6.80. The molecule has 0 radical (unpaired) electrons. The summed E-state index contributed by atoms with van der Waals surface area (Å²) < 4.78 is 121. The van der Waals surface area contributed by atoms with Gasteiger partial charge in [0.05, 0.1) is 37.3 Å². The Balaban J connectivity index is 0.000000228. The van der Waals surface area contributed by atoms with E-state index in [0.29, 0.717) is 35.3 Å².